The van der Waals surface area contributed by atoms with E-state index in [4.69, 9.17) is 5.11 Å². The van der Waals surface area contributed by atoms with Gasteiger partial charge in [-0.3, -0.25) is 0 Å². The molecule has 5 heteroatoms. The highest BCUT2D eigenvalue weighted by atomic mass is 32.2. The molecule has 1 aromatic carbocycles. The Balaban J connectivity index is 2.31. The van der Waals surface area contributed by atoms with Gasteiger partial charge in [0.1, 0.15) is 5.75 Å². The molecule has 4 nitrogen and oxygen atoms in total. The van der Waals surface area contributed by atoms with E-state index in [2.05, 4.69) is 0 Å². The lowest BCUT2D eigenvalue weighted by Crippen LogP contribution is -2.29. The van der Waals surface area contributed by atoms with E-state index in [1.165, 1.54) is 4.90 Å². The monoisotopic (exact) mass is 225 g/mol. The second-order valence-corrected chi connectivity index (χ2v) is 4.48. The number of aromatic hydroxyl groups is 1. The third-order valence-electron chi connectivity index (χ3n) is 2.29. The van der Waals surface area contributed by atoms with Gasteiger partial charge in [-0.15, -0.1) is 11.8 Å². The number of rotatable bonds is 0. The predicted molar refractivity (Wildman–Crippen MR) is 57.3 cm³/mol. The van der Waals surface area contributed by atoms with Gasteiger partial charge in [-0.25, -0.2) is 4.79 Å². The van der Waals surface area contributed by atoms with Crippen LogP contribution in [0.15, 0.2) is 23.1 Å². The lowest BCUT2D eigenvalue weighted by atomic mass is 10.2. The fourth-order valence-electron chi connectivity index (χ4n) is 1.54. The van der Waals surface area contributed by atoms with Crippen molar-refractivity contribution in [1.29, 1.82) is 0 Å². The third-order valence-corrected chi connectivity index (χ3v) is 3.39. The van der Waals surface area contributed by atoms with Crippen molar-refractivity contribution < 1.29 is 15.0 Å². The van der Waals surface area contributed by atoms with Crippen LogP contribution in [-0.4, -0.2) is 33.5 Å². The zero-order valence-corrected chi connectivity index (χ0v) is 8.83. The lowest BCUT2D eigenvalue weighted by molar-refractivity contribution is 0.145. The maximum absolute atomic E-state index is 10.9. The van der Waals surface area contributed by atoms with E-state index in [0.717, 1.165) is 16.2 Å². The molecule has 0 saturated heterocycles. The smallest absolute Gasteiger partial charge is 0.407 e. The number of benzene rings is 1. The molecule has 2 rings (SSSR count). The summed E-state index contributed by atoms with van der Waals surface area (Å²) in [7, 11) is 0. The molecule has 0 atom stereocenters. The Morgan fingerprint density at radius 3 is 3.00 bits per heavy atom. The average Bonchev–Trinajstić information content (AvgIpc) is 2.39. The van der Waals surface area contributed by atoms with Crippen LogP contribution in [0.25, 0.3) is 0 Å². The Kier molecular flexibility index (Phi) is 2.73. The van der Waals surface area contributed by atoms with Crippen molar-refractivity contribution in [2.75, 3.05) is 12.3 Å². The SMILES string of the molecule is O=C(O)N1CCSc2ccc(O)cc2C1. The van der Waals surface area contributed by atoms with Gasteiger partial charge in [0.15, 0.2) is 0 Å². The number of fused-ring (bicyclic) bond motifs is 1. The first-order chi connectivity index (χ1) is 7.16. The molecule has 15 heavy (non-hydrogen) atoms. The fraction of sp³-hybridized carbons (Fsp3) is 0.300. The van der Waals surface area contributed by atoms with E-state index in [1.807, 2.05) is 6.07 Å². The fourth-order valence-corrected chi connectivity index (χ4v) is 2.55. The second-order valence-electron chi connectivity index (χ2n) is 3.34. The van der Waals surface area contributed by atoms with Gasteiger partial charge < -0.3 is 15.1 Å². The Morgan fingerprint density at radius 2 is 2.27 bits per heavy atom. The normalized spacial score (nSPS) is 15.6. The average molecular weight is 225 g/mol. The molecule has 1 aliphatic rings. The molecule has 1 heterocycles. The molecular weight excluding hydrogens is 214 g/mol. The van der Waals surface area contributed by atoms with Gasteiger partial charge in [-0.2, -0.15) is 0 Å². The first kappa shape index (κ1) is 10.2. The van der Waals surface area contributed by atoms with E-state index < -0.39 is 6.09 Å². The number of thioether (sulfide) groups is 1. The minimum absolute atomic E-state index is 0.182. The third kappa shape index (κ3) is 2.18. The maximum Gasteiger partial charge on any atom is 0.407 e. The number of carbonyl (C=O) groups is 1. The molecule has 80 valence electrons. The van der Waals surface area contributed by atoms with Gasteiger partial charge in [0.2, 0.25) is 0 Å². The molecule has 0 saturated carbocycles. The molecule has 1 aromatic rings. The summed E-state index contributed by atoms with van der Waals surface area (Å²) in [6.07, 6.45) is -0.910. The van der Waals surface area contributed by atoms with E-state index in [9.17, 15) is 9.90 Å². The van der Waals surface area contributed by atoms with Crippen molar-refractivity contribution in [3.8, 4) is 5.75 Å². The molecule has 2 N–H and O–H groups in total. The van der Waals surface area contributed by atoms with E-state index >= 15 is 0 Å². The van der Waals surface area contributed by atoms with Gasteiger partial charge in [0.25, 0.3) is 0 Å². The molecular formula is C10H11NO3S. The van der Waals surface area contributed by atoms with Gasteiger partial charge in [-0.05, 0) is 23.8 Å². The number of nitrogens with zero attached hydrogens (tertiary/aromatic N) is 1. The van der Waals surface area contributed by atoms with Crippen molar-refractivity contribution in [2.24, 2.45) is 0 Å². The van der Waals surface area contributed by atoms with Crippen LogP contribution in [0.3, 0.4) is 0 Å². The molecule has 0 aromatic heterocycles. The van der Waals surface area contributed by atoms with Crippen LogP contribution >= 0.6 is 11.8 Å². The Labute approximate surface area is 91.5 Å². The lowest BCUT2D eigenvalue weighted by Gasteiger charge is -2.15. The number of carboxylic acid groups (broad SMARTS) is 1. The molecule has 0 spiro atoms. The number of phenols is 1. The summed E-state index contributed by atoms with van der Waals surface area (Å²) < 4.78 is 0. The number of hydrogen-bond acceptors (Lipinski definition) is 3. The van der Waals surface area contributed by atoms with Crippen LogP contribution in [0.2, 0.25) is 0 Å². The summed E-state index contributed by atoms with van der Waals surface area (Å²) in [6, 6.07) is 5.09. The summed E-state index contributed by atoms with van der Waals surface area (Å²) in [5, 5.41) is 18.2. The van der Waals surface area contributed by atoms with Gasteiger partial charge in [0.05, 0.1) is 6.54 Å². The topological polar surface area (TPSA) is 60.8 Å². The van der Waals surface area contributed by atoms with Gasteiger partial charge in [0, 0.05) is 17.2 Å². The minimum atomic E-state index is -0.910. The van der Waals surface area contributed by atoms with Gasteiger partial charge >= 0.3 is 6.09 Å². The summed E-state index contributed by atoms with van der Waals surface area (Å²) in [5.74, 6) is 0.936. The first-order valence-electron chi connectivity index (χ1n) is 4.59. The highest BCUT2D eigenvalue weighted by molar-refractivity contribution is 7.99. The number of hydrogen-bond donors (Lipinski definition) is 2. The number of amides is 1. The highest BCUT2D eigenvalue weighted by Crippen LogP contribution is 2.29. The molecule has 1 aliphatic heterocycles. The van der Waals surface area contributed by atoms with E-state index in [0.29, 0.717) is 13.1 Å². The highest BCUT2D eigenvalue weighted by Gasteiger charge is 2.18. The Morgan fingerprint density at radius 1 is 1.47 bits per heavy atom. The molecule has 0 bridgehead atoms. The standard InChI is InChI=1S/C10H11NO3S/c12-8-1-2-9-7(5-8)6-11(10(13)14)3-4-15-9/h1-2,5,12H,3-4,6H2,(H,13,14). The maximum atomic E-state index is 10.9. The van der Waals surface area contributed by atoms with Gasteiger partial charge in [-0.1, -0.05) is 0 Å². The van der Waals surface area contributed by atoms with Crippen LogP contribution < -0.4 is 0 Å². The molecule has 0 fully saturated rings. The summed E-state index contributed by atoms with van der Waals surface area (Å²) in [5.41, 5.74) is 0.875. The molecule has 0 radical (unpaired) electrons. The van der Waals surface area contributed by atoms with E-state index in [1.54, 1.807) is 23.9 Å². The van der Waals surface area contributed by atoms with Crippen molar-refractivity contribution >= 4 is 17.9 Å². The summed E-state index contributed by atoms with van der Waals surface area (Å²) in [6.45, 7) is 0.876. The van der Waals surface area contributed by atoms with Crippen LogP contribution in [0.4, 0.5) is 4.79 Å². The molecule has 0 unspecified atom stereocenters. The summed E-state index contributed by atoms with van der Waals surface area (Å²) >= 11 is 1.62. The zero-order valence-electron chi connectivity index (χ0n) is 8.01. The largest absolute Gasteiger partial charge is 0.508 e. The van der Waals surface area contributed by atoms with Crippen LogP contribution in [0.1, 0.15) is 5.56 Å². The Hall–Kier alpha value is -1.36. The van der Waals surface area contributed by atoms with E-state index in [-0.39, 0.29) is 5.75 Å². The molecule has 1 amide bonds. The predicted octanol–water partition coefficient (Wildman–Crippen LogP) is 1.98. The van der Waals surface area contributed by atoms with Crippen LogP contribution in [-0.2, 0) is 6.54 Å². The van der Waals surface area contributed by atoms with Crippen LogP contribution in [0.5, 0.6) is 5.75 Å². The van der Waals surface area contributed by atoms with Crippen LogP contribution in [0, 0.1) is 0 Å². The number of phenolic OH excluding ortho intramolecular Hbond substituents is 1. The zero-order chi connectivity index (χ0) is 10.8. The van der Waals surface area contributed by atoms with Crippen molar-refractivity contribution in [3.05, 3.63) is 23.8 Å². The summed E-state index contributed by atoms with van der Waals surface area (Å²) in [4.78, 5) is 13.3. The van der Waals surface area contributed by atoms with Crippen molar-refractivity contribution in [3.63, 3.8) is 0 Å². The quantitative estimate of drug-likeness (QED) is 0.708. The minimum Gasteiger partial charge on any atom is -0.508 e. The first-order valence-corrected chi connectivity index (χ1v) is 5.58. The second kappa shape index (κ2) is 4.02. The van der Waals surface area contributed by atoms with Crippen molar-refractivity contribution in [2.45, 2.75) is 11.4 Å². The van der Waals surface area contributed by atoms with Crippen molar-refractivity contribution in [1.82, 2.24) is 4.90 Å². The Bertz CT molecular complexity index is 394. The molecule has 0 aliphatic carbocycles.